The van der Waals surface area contributed by atoms with Gasteiger partial charge in [-0.25, -0.2) is 8.42 Å². The molecule has 0 bridgehead atoms. The molecule has 0 aliphatic heterocycles. The highest BCUT2D eigenvalue weighted by Crippen LogP contribution is 2.33. The van der Waals surface area contributed by atoms with Gasteiger partial charge in [-0.1, -0.05) is 48.0 Å². The largest absolute Gasteiger partial charge is 0.505 e. The third-order valence-electron chi connectivity index (χ3n) is 3.48. The smallest absolute Gasteiger partial charge is 0.262 e. The molecule has 3 rings (SSSR count). The van der Waals surface area contributed by atoms with Gasteiger partial charge in [0.15, 0.2) is 0 Å². The van der Waals surface area contributed by atoms with Gasteiger partial charge < -0.3 is 5.11 Å². The van der Waals surface area contributed by atoms with E-state index in [1.807, 2.05) is 19.1 Å². The first-order valence-electron chi connectivity index (χ1n) is 6.77. The number of hydrogen-bond donors (Lipinski definition) is 2. The summed E-state index contributed by atoms with van der Waals surface area (Å²) >= 11 is 0. The number of anilines is 1. The van der Waals surface area contributed by atoms with Crippen LogP contribution in [0.3, 0.4) is 0 Å². The molecule has 0 radical (unpaired) electrons. The molecule has 0 aromatic heterocycles. The van der Waals surface area contributed by atoms with Gasteiger partial charge in [0.05, 0.1) is 10.6 Å². The molecule has 112 valence electrons. The first-order valence-corrected chi connectivity index (χ1v) is 8.26. The van der Waals surface area contributed by atoms with E-state index in [2.05, 4.69) is 4.72 Å². The summed E-state index contributed by atoms with van der Waals surface area (Å²) in [5.74, 6) is -0.0752. The van der Waals surface area contributed by atoms with Crippen molar-refractivity contribution in [2.45, 2.75) is 11.8 Å². The highest BCUT2D eigenvalue weighted by atomic mass is 32.2. The Morgan fingerprint density at radius 1 is 0.909 bits per heavy atom. The van der Waals surface area contributed by atoms with E-state index in [9.17, 15) is 13.5 Å². The van der Waals surface area contributed by atoms with Crippen LogP contribution < -0.4 is 4.72 Å². The van der Waals surface area contributed by atoms with Crippen LogP contribution >= 0.6 is 0 Å². The van der Waals surface area contributed by atoms with Crippen LogP contribution in [0, 0.1) is 6.92 Å². The van der Waals surface area contributed by atoms with Crippen molar-refractivity contribution in [2.24, 2.45) is 0 Å². The number of benzene rings is 3. The van der Waals surface area contributed by atoms with Crippen molar-refractivity contribution in [3.8, 4) is 5.75 Å². The third-order valence-corrected chi connectivity index (χ3v) is 4.86. The number of fused-ring (bicyclic) bond motifs is 1. The molecule has 0 heterocycles. The molecule has 0 saturated heterocycles. The van der Waals surface area contributed by atoms with Gasteiger partial charge >= 0.3 is 0 Å². The minimum atomic E-state index is -3.73. The molecule has 0 spiro atoms. The Labute approximate surface area is 129 Å². The molecule has 0 saturated carbocycles. The van der Waals surface area contributed by atoms with Gasteiger partial charge in [-0.3, -0.25) is 4.72 Å². The fraction of sp³-hybridized carbons (Fsp3) is 0.0588. The van der Waals surface area contributed by atoms with Gasteiger partial charge in [0.2, 0.25) is 0 Å². The Hall–Kier alpha value is -2.53. The molecule has 3 aromatic carbocycles. The maximum absolute atomic E-state index is 12.4. The van der Waals surface area contributed by atoms with Crippen molar-refractivity contribution in [2.75, 3.05) is 4.72 Å². The molecule has 0 fully saturated rings. The lowest BCUT2D eigenvalue weighted by Gasteiger charge is -2.11. The average molecular weight is 313 g/mol. The van der Waals surface area contributed by atoms with E-state index in [-0.39, 0.29) is 16.3 Å². The number of phenolic OH excluding ortho intramolecular Hbond substituents is 1. The number of hydrogen-bond acceptors (Lipinski definition) is 3. The summed E-state index contributed by atoms with van der Waals surface area (Å²) in [4.78, 5) is 0.158. The molecule has 22 heavy (non-hydrogen) atoms. The molecule has 0 aliphatic carbocycles. The van der Waals surface area contributed by atoms with E-state index < -0.39 is 10.0 Å². The number of rotatable bonds is 3. The number of aromatic hydroxyl groups is 1. The van der Waals surface area contributed by atoms with Gasteiger partial charge in [-0.15, -0.1) is 0 Å². The minimum absolute atomic E-state index is 0.0752. The van der Waals surface area contributed by atoms with E-state index in [0.29, 0.717) is 5.39 Å². The highest BCUT2D eigenvalue weighted by molar-refractivity contribution is 7.92. The molecular formula is C17H15NO3S. The minimum Gasteiger partial charge on any atom is -0.505 e. The first kappa shape index (κ1) is 14.4. The van der Waals surface area contributed by atoms with Gasteiger partial charge in [-0.05, 0) is 30.5 Å². The molecule has 2 N–H and O–H groups in total. The second-order valence-corrected chi connectivity index (χ2v) is 6.78. The van der Waals surface area contributed by atoms with Crippen molar-refractivity contribution in [3.05, 3.63) is 66.2 Å². The lowest BCUT2D eigenvalue weighted by Crippen LogP contribution is -2.13. The van der Waals surface area contributed by atoms with Crippen LogP contribution in [0.1, 0.15) is 5.56 Å². The number of phenols is 1. The first-order chi connectivity index (χ1) is 10.5. The van der Waals surface area contributed by atoms with Crippen LogP contribution in [-0.4, -0.2) is 13.5 Å². The zero-order chi connectivity index (χ0) is 15.7. The fourth-order valence-electron chi connectivity index (χ4n) is 2.26. The van der Waals surface area contributed by atoms with Crippen LogP contribution in [0.4, 0.5) is 5.69 Å². The summed E-state index contributed by atoms with van der Waals surface area (Å²) in [6.07, 6.45) is 0. The second kappa shape index (κ2) is 5.35. The SMILES string of the molecule is Cc1ccc(S(=O)(=O)Nc2ccc3ccccc3c2O)cc1. The summed E-state index contributed by atoms with van der Waals surface area (Å²) in [6.45, 7) is 1.89. The average Bonchev–Trinajstić information content (AvgIpc) is 2.51. The third kappa shape index (κ3) is 2.63. The topological polar surface area (TPSA) is 66.4 Å². The lowest BCUT2D eigenvalue weighted by molar-refractivity contribution is 0.484. The monoisotopic (exact) mass is 313 g/mol. The Bertz CT molecular complexity index is 932. The zero-order valence-corrected chi connectivity index (χ0v) is 12.8. The van der Waals surface area contributed by atoms with Crippen molar-refractivity contribution < 1.29 is 13.5 Å². The van der Waals surface area contributed by atoms with Crippen molar-refractivity contribution in [1.82, 2.24) is 0 Å². The zero-order valence-electron chi connectivity index (χ0n) is 11.9. The summed E-state index contributed by atoms with van der Waals surface area (Å²) in [5, 5.41) is 11.7. The summed E-state index contributed by atoms with van der Waals surface area (Å²) in [6, 6.07) is 17.1. The Kier molecular flexibility index (Phi) is 3.50. The number of sulfonamides is 1. The van der Waals surface area contributed by atoms with Crippen LogP contribution in [-0.2, 0) is 10.0 Å². The molecule has 5 heteroatoms. The number of nitrogens with one attached hydrogen (secondary N) is 1. The van der Waals surface area contributed by atoms with Crippen LogP contribution in [0.2, 0.25) is 0 Å². The van der Waals surface area contributed by atoms with Crippen molar-refractivity contribution >= 4 is 26.5 Å². The quantitative estimate of drug-likeness (QED) is 0.725. The van der Waals surface area contributed by atoms with Crippen LogP contribution in [0.25, 0.3) is 10.8 Å². The van der Waals surface area contributed by atoms with Crippen LogP contribution in [0.15, 0.2) is 65.6 Å². The van der Waals surface area contributed by atoms with Crippen molar-refractivity contribution in [1.29, 1.82) is 0 Å². The van der Waals surface area contributed by atoms with Gasteiger partial charge in [-0.2, -0.15) is 0 Å². The Morgan fingerprint density at radius 2 is 1.59 bits per heavy atom. The van der Waals surface area contributed by atoms with E-state index in [4.69, 9.17) is 0 Å². The van der Waals surface area contributed by atoms with Gasteiger partial charge in [0.1, 0.15) is 5.75 Å². The highest BCUT2D eigenvalue weighted by Gasteiger charge is 2.16. The summed E-state index contributed by atoms with van der Waals surface area (Å²) < 4.78 is 27.2. The summed E-state index contributed by atoms with van der Waals surface area (Å²) in [7, 11) is -3.73. The molecule has 3 aromatic rings. The predicted molar refractivity (Wildman–Crippen MR) is 87.6 cm³/mol. The summed E-state index contributed by atoms with van der Waals surface area (Å²) in [5.41, 5.74) is 1.15. The molecule has 0 amide bonds. The second-order valence-electron chi connectivity index (χ2n) is 5.10. The Balaban J connectivity index is 2.02. The Morgan fingerprint density at radius 3 is 2.32 bits per heavy atom. The molecule has 0 unspecified atom stereocenters. The van der Waals surface area contributed by atoms with Gasteiger partial charge in [0.25, 0.3) is 10.0 Å². The lowest BCUT2D eigenvalue weighted by atomic mass is 10.1. The molecule has 0 atom stereocenters. The maximum atomic E-state index is 12.4. The molecule has 4 nitrogen and oxygen atoms in total. The molecular weight excluding hydrogens is 298 g/mol. The standard InChI is InChI=1S/C17H15NO3S/c1-12-6-9-14(10-7-12)22(20,21)18-16-11-8-13-4-2-3-5-15(13)17(16)19/h2-11,18-19H,1H3. The number of aryl methyl sites for hydroxylation is 1. The van der Waals surface area contributed by atoms with E-state index >= 15 is 0 Å². The normalized spacial score (nSPS) is 11.5. The predicted octanol–water partition coefficient (Wildman–Crippen LogP) is 3.65. The fourth-order valence-corrected chi connectivity index (χ4v) is 3.33. The van der Waals surface area contributed by atoms with Crippen molar-refractivity contribution in [3.63, 3.8) is 0 Å². The molecule has 0 aliphatic rings. The van der Waals surface area contributed by atoms with Crippen LogP contribution in [0.5, 0.6) is 5.75 Å². The van der Waals surface area contributed by atoms with Gasteiger partial charge in [0, 0.05) is 5.39 Å². The van der Waals surface area contributed by atoms with E-state index in [1.165, 1.54) is 12.1 Å². The maximum Gasteiger partial charge on any atom is 0.262 e. The van der Waals surface area contributed by atoms with E-state index in [1.54, 1.807) is 36.4 Å². The van der Waals surface area contributed by atoms with E-state index in [0.717, 1.165) is 10.9 Å².